The number of esters is 2. The fourth-order valence-electron chi connectivity index (χ4n) is 2.06. The molecule has 8 nitrogen and oxygen atoms in total. The van der Waals surface area contributed by atoms with Gasteiger partial charge in [0.05, 0.1) is 24.4 Å². The Morgan fingerprint density at radius 1 is 1.03 bits per heavy atom. The molecule has 4 N–H and O–H groups in total. The Morgan fingerprint density at radius 3 is 1.97 bits per heavy atom. The van der Waals surface area contributed by atoms with Crippen LogP contribution < -0.4 is 11.5 Å². The molecule has 2 rings (SSSR count). The Hall–Kier alpha value is -2.36. The Bertz CT molecular complexity index is 954. The lowest BCUT2D eigenvalue weighted by molar-refractivity contribution is 0.0584. The van der Waals surface area contributed by atoms with E-state index in [-0.39, 0.29) is 21.7 Å². The number of anilines is 2. The number of methoxy groups -OCH3 is 2. The van der Waals surface area contributed by atoms with Gasteiger partial charge in [0.15, 0.2) is 11.4 Å². The molecule has 2 aromatic heterocycles. The van der Waals surface area contributed by atoms with Gasteiger partial charge in [-0.05, 0) is 41.4 Å². The van der Waals surface area contributed by atoms with Gasteiger partial charge in [0, 0.05) is 11.3 Å². The number of allylic oxidation sites excluding steroid dienone is 1. The van der Waals surface area contributed by atoms with Gasteiger partial charge in [0.2, 0.25) is 0 Å². The van der Waals surface area contributed by atoms with Crippen molar-refractivity contribution in [1.82, 2.24) is 9.97 Å². The summed E-state index contributed by atoms with van der Waals surface area (Å²) < 4.78 is 9.50. The van der Waals surface area contributed by atoms with Crippen molar-refractivity contribution < 1.29 is 19.1 Å². The largest absolute Gasteiger partial charge is 0.464 e. The SMILES string of the molecule is C=C(C)Cc1c(N)cc(Cl)nc1C(=O)OC.COC(=O)c1nc(Cl)cc(N)c1Br. The zero-order valence-corrected chi connectivity index (χ0v) is 19.0. The lowest BCUT2D eigenvalue weighted by atomic mass is 10.0. The molecule has 0 bridgehead atoms. The number of pyridine rings is 2. The molecule has 0 unspecified atom stereocenters. The maximum Gasteiger partial charge on any atom is 0.357 e. The highest BCUT2D eigenvalue weighted by Gasteiger charge is 2.18. The van der Waals surface area contributed by atoms with Crippen LogP contribution in [0.4, 0.5) is 11.4 Å². The number of carbonyl (C=O) groups excluding carboxylic acids is 2. The van der Waals surface area contributed by atoms with Gasteiger partial charge >= 0.3 is 11.9 Å². The Morgan fingerprint density at radius 2 is 1.48 bits per heavy atom. The summed E-state index contributed by atoms with van der Waals surface area (Å²) in [4.78, 5) is 30.3. The van der Waals surface area contributed by atoms with Crippen LogP contribution in [0.5, 0.6) is 0 Å². The maximum atomic E-state index is 11.5. The fraction of sp³-hybridized carbons (Fsp3) is 0.222. The van der Waals surface area contributed by atoms with Gasteiger partial charge in [-0.15, -0.1) is 0 Å². The summed E-state index contributed by atoms with van der Waals surface area (Å²) in [7, 11) is 2.54. The molecule has 0 spiro atoms. The van der Waals surface area contributed by atoms with Crippen LogP contribution in [-0.2, 0) is 15.9 Å². The molecule has 29 heavy (non-hydrogen) atoms. The van der Waals surface area contributed by atoms with Crippen molar-refractivity contribution >= 4 is 62.4 Å². The normalized spacial score (nSPS) is 9.86. The zero-order chi connectivity index (χ0) is 22.3. The number of carbonyl (C=O) groups is 2. The highest BCUT2D eigenvalue weighted by atomic mass is 79.9. The second kappa shape index (κ2) is 11.0. The molecule has 11 heteroatoms. The smallest absolute Gasteiger partial charge is 0.357 e. The van der Waals surface area contributed by atoms with E-state index in [0.29, 0.717) is 27.8 Å². The molecule has 156 valence electrons. The van der Waals surface area contributed by atoms with E-state index >= 15 is 0 Å². The standard InChI is InChI=1S/C11H13ClN2O2.C7H6BrClN2O2/c1-6(2)4-7-8(13)5-9(12)14-10(7)11(15)16-3;1-13-7(12)6-5(8)3(10)2-4(9)11-6/h5H,1,4H2,2-3H3,(H2,13,14);2H,1H3,(H2,10,11). The Balaban J connectivity index is 0.000000296. The van der Waals surface area contributed by atoms with Crippen molar-refractivity contribution in [1.29, 1.82) is 0 Å². The van der Waals surface area contributed by atoms with Crippen molar-refractivity contribution in [3.63, 3.8) is 0 Å². The van der Waals surface area contributed by atoms with Crippen LogP contribution in [0.3, 0.4) is 0 Å². The van der Waals surface area contributed by atoms with Crippen molar-refractivity contribution in [2.75, 3.05) is 25.7 Å². The maximum absolute atomic E-state index is 11.5. The first kappa shape index (κ1) is 24.7. The molecular formula is C18H19BrCl2N4O4. The topological polar surface area (TPSA) is 130 Å². The molecule has 0 aromatic carbocycles. The number of halogens is 3. The number of ether oxygens (including phenoxy) is 2. The quantitative estimate of drug-likeness (QED) is 0.361. The minimum atomic E-state index is -0.582. The van der Waals surface area contributed by atoms with Crippen LogP contribution in [0.2, 0.25) is 10.3 Å². The Kier molecular flexibility index (Phi) is 9.35. The van der Waals surface area contributed by atoms with Gasteiger partial charge in [0.25, 0.3) is 0 Å². The monoisotopic (exact) mass is 504 g/mol. The van der Waals surface area contributed by atoms with Crippen LogP contribution in [0.1, 0.15) is 33.5 Å². The molecule has 0 aliphatic heterocycles. The average Bonchev–Trinajstić information content (AvgIpc) is 2.65. The summed E-state index contributed by atoms with van der Waals surface area (Å²) in [6, 6.07) is 2.95. The van der Waals surface area contributed by atoms with Gasteiger partial charge in [-0.3, -0.25) is 0 Å². The zero-order valence-electron chi connectivity index (χ0n) is 15.9. The lowest BCUT2D eigenvalue weighted by Gasteiger charge is -2.10. The first-order valence-corrected chi connectivity index (χ1v) is 9.44. The van der Waals surface area contributed by atoms with E-state index in [1.54, 1.807) is 0 Å². The average molecular weight is 506 g/mol. The van der Waals surface area contributed by atoms with E-state index in [9.17, 15) is 9.59 Å². The summed E-state index contributed by atoms with van der Waals surface area (Å²) in [5.41, 5.74) is 13.8. The van der Waals surface area contributed by atoms with Crippen LogP contribution in [0.15, 0.2) is 28.8 Å². The van der Waals surface area contributed by atoms with E-state index in [4.69, 9.17) is 34.7 Å². The van der Waals surface area contributed by atoms with E-state index in [0.717, 1.165) is 5.57 Å². The van der Waals surface area contributed by atoms with E-state index < -0.39 is 11.9 Å². The predicted octanol–water partition coefficient (Wildman–Crippen LogP) is 4.09. The third-order valence-electron chi connectivity index (χ3n) is 3.32. The highest BCUT2D eigenvalue weighted by molar-refractivity contribution is 9.10. The summed E-state index contributed by atoms with van der Waals surface area (Å²) in [6.07, 6.45) is 0.473. The van der Waals surface area contributed by atoms with E-state index in [1.807, 2.05) is 6.92 Å². The molecule has 0 aliphatic carbocycles. The van der Waals surface area contributed by atoms with Crippen molar-refractivity contribution in [3.8, 4) is 0 Å². The van der Waals surface area contributed by atoms with Gasteiger partial charge in [0.1, 0.15) is 10.3 Å². The van der Waals surface area contributed by atoms with Gasteiger partial charge in [-0.2, -0.15) is 0 Å². The molecule has 0 radical (unpaired) electrons. The van der Waals surface area contributed by atoms with Gasteiger partial charge in [-0.25, -0.2) is 19.6 Å². The number of hydrogen-bond donors (Lipinski definition) is 2. The predicted molar refractivity (Wildman–Crippen MR) is 116 cm³/mol. The summed E-state index contributed by atoms with van der Waals surface area (Å²) in [6.45, 7) is 5.61. The van der Waals surface area contributed by atoms with E-state index in [1.165, 1.54) is 26.4 Å². The van der Waals surface area contributed by atoms with Crippen molar-refractivity contribution in [2.24, 2.45) is 0 Å². The number of nitrogens with two attached hydrogens (primary N) is 2. The number of nitrogen functional groups attached to an aromatic ring is 2. The molecule has 2 aromatic rings. The number of aromatic nitrogens is 2. The second-order valence-corrected chi connectivity index (χ2v) is 7.24. The summed E-state index contributed by atoms with van der Waals surface area (Å²) in [5, 5.41) is 0.324. The third-order valence-corrected chi connectivity index (χ3v) is 4.54. The molecular weight excluding hydrogens is 487 g/mol. The fourth-order valence-corrected chi connectivity index (χ4v) is 2.83. The molecule has 0 aliphatic rings. The van der Waals surface area contributed by atoms with Crippen LogP contribution >= 0.6 is 39.1 Å². The molecule has 0 amide bonds. The molecule has 0 saturated carbocycles. The first-order chi connectivity index (χ1) is 13.5. The third kappa shape index (κ3) is 6.88. The molecule has 0 atom stereocenters. The molecule has 0 fully saturated rings. The summed E-state index contributed by atoms with van der Waals surface area (Å²) >= 11 is 14.5. The van der Waals surface area contributed by atoms with E-state index in [2.05, 4.69) is 42.0 Å². The van der Waals surface area contributed by atoms with Crippen LogP contribution in [0.25, 0.3) is 0 Å². The lowest BCUT2D eigenvalue weighted by Crippen LogP contribution is -2.11. The van der Waals surface area contributed by atoms with Crippen LogP contribution in [0, 0.1) is 0 Å². The number of rotatable bonds is 4. The summed E-state index contributed by atoms with van der Waals surface area (Å²) in [5.74, 6) is -1.13. The van der Waals surface area contributed by atoms with Crippen LogP contribution in [-0.4, -0.2) is 36.1 Å². The highest BCUT2D eigenvalue weighted by Crippen LogP contribution is 2.26. The minimum Gasteiger partial charge on any atom is -0.464 e. The molecule has 2 heterocycles. The first-order valence-electron chi connectivity index (χ1n) is 7.89. The number of nitrogens with zero attached hydrogens (tertiary/aromatic N) is 2. The minimum absolute atomic E-state index is 0.0764. The second-order valence-electron chi connectivity index (χ2n) is 5.68. The Labute approximate surface area is 186 Å². The van der Waals surface area contributed by atoms with Crippen molar-refractivity contribution in [2.45, 2.75) is 13.3 Å². The van der Waals surface area contributed by atoms with Crippen molar-refractivity contribution in [3.05, 3.63) is 56.0 Å². The van der Waals surface area contributed by atoms with Gasteiger partial charge in [-0.1, -0.05) is 35.4 Å². The number of hydrogen-bond acceptors (Lipinski definition) is 8. The van der Waals surface area contributed by atoms with Gasteiger partial charge < -0.3 is 20.9 Å². The molecule has 0 saturated heterocycles.